The van der Waals surface area contributed by atoms with Crippen LogP contribution in [-0.4, -0.2) is 23.4 Å². The highest BCUT2D eigenvalue weighted by Crippen LogP contribution is 2.23. The summed E-state index contributed by atoms with van der Waals surface area (Å²) < 4.78 is 13.7. The highest BCUT2D eigenvalue weighted by atomic mass is 16.5. The molecule has 0 N–H and O–H groups in total. The molecule has 3 rings (SSSR count). The summed E-state index contributed by atoms with van der Waals surface area (Å²) in [5.74, 6) is -0.524. The summed E-state index contributed by atoms with van der Waals surface area (Å²) in [5, 5.41) is 15.9. The third kappa shape index (κ3) is 3.58. The van der Waals surface area contributed by atoms with Crippen molar-refractivity contribution >= 4 is 5.97 Å². The molecule has 0 atom stereocenters. The minimum absolute atomic E-state index is 0.239. The Hall–Kier alpha value is -3.40. The average molecular weight is 297 g/mol. The van der Waals surface area contributed by atoms with Crippen molar-refractivity contribution in [2.24, 2.45) is 0 Å². The molecule has 0 aliphatic rings. The van der Waals surface area contributed by atoms with Crippen LogP contribution >= 0.6 is 0 Å². The summed E-state index contributed by atoms with van der Waals surface area (Å²) in [6, 6.07) is 10.5. The summed E-state index contributed by atoms with van der Waals surface area (Å²) in [4.78, 5) is 11.4. The molecular weight excluding hydrogens is 286 g/mol. The van der Waals surface area contributed by atoms with Gasteiger partial charge in [-0.3, -0.25) is 0 Å². The molecule has 110 valence electrons. The van der Waals surface area contributed by atoms with E-state index in [0.29, 0.717) is 16.8 Å². The minimum atomic E-state index is -0.524. The van der Waals surface area contributed by atoms with Gasteiger partial charge in [0.15, 0.2) is 0 Å². The fraction of sp³-hybridized carbons (Fsp3) is 0.0667. The van der Waals surface area contributed by atoms with E-state index >= 15 is 0 Å². The lowest BCUT2D eigenvalue weighted by molar-refractivity contribution is 0.0600. The van der Waals surface area contributed by atoms with Crippen LogP contribution in [0.25, 0.3) is 11.3 Å². The predicted octanol–water partition coefficient (Wildman–Crippen LogP) is 2.67. The normalized spacial score (nSPS) is 9.27. The van der Waals surface area contributed by atoms with E-state index in [0.717, 1.165) is 0 Å². The molecule has 7 heteroatoms. The van der Waals surface area contributed by atoms with Crippen molar-refractivity contribution in [3.8, 4) is 17.3 Å². The van der Waals surface area contributed by atoms with Crippen molar-refractivity contribution < 1.29 is 18.6 Å². The summed E-state index contributed by atoms with van der Waals surface area (Å²) in [6.07, 6.45) is 4.32. The maximum absolute atomic E-state index is 11.4. The molecule has 2 heterocycles. The smallest absolute Gasteiger partial charge is 0.343 e. The Kier molecular flexibility index (Phi) is 5.04. The minimum Gasteiger partial charge on any atom is -0.465 e. The Morgan fingerprint density at radius 1 is 1.32 bits per heavy atom. The van der Waals surface area contributed by atoms with Crippen molar-refractivity contribution in [2.75, 3.05) is 7.11 Å². The van der Waals surface area contributed by atoms with Crippen molar-refractivity contribution in [2.45, 2.75) is 0 Å². The number of nitriles is 1. The second-order valence-corrected chi connectivity index (χ2v) is 3.95. The number of carbonyl (C=O) groups excluding carboxylic acids is 1. The number of rotatable bonds is 2. The van der Waals surface area contributed by atoms with Gasteiger partial charge in [-0.25, -0.2) is 4.79 Å². The van der Waals surface area contributed by atoms with Crippen LogP contribution < -0.4 is 0 Å². The molecule has 0 spiro atoms. The van der Waals surface area contributed by atoms with Gasteiger partial charge in [0.1, 0.15) is 23.8 Å². The number of ether oxygens (including phenoxy) is 1. The molecule has 0 saturated carbocycles. The third-order valence-electron chi connectivity index (χ3n) is 2.59. The van der Waals surface area contributed by atoms with E-state index in [2.05, 4.69) is 19.6 Å². The largest absolute Gasteiger partial charge is 0.465 e. The number of esters is 1. The molecule has 0 radical (unpaired) electrons. The highest BCUT2D eigenvalue weighted by molar-refractivity contribution is 5.95. The molecule has 0 saturated heterocycles. The fourth-order valence-corrected chi connectivity index (χ4v) is 1.61. The molecule has 7 nitrogen and oxygen atoms in total. The van der Waals surface area contributed by atoms with Gasteiger partial charge >= 0.3 is 5.97 Å². The third-order valence-corrected chi connectivity index (χ3v) is 2.59. The molecule has 0 aliphatic heterocycles. The maximum Gasteiger partial charge on any atom is 0.343 e. The van der Waals surface area contributed by atoms with Crippen molar-refractivity contribution in [3.63, 3.8) is 0 Å². The van der Waals surface area contributed by atoms with Crippen LogP contribution in [0.2, 0.25) is 0 Å². The SMILES string of the molecule is COC(=O)c1conc1-c1cccc(C#N)c1.c1cnoc1. The molecule has 22 heavy (non-hydrogen) atoms. The summed E-state index contributed by atoms with van der Waals surface area (Å²) >= 11 is 0. The first kappa shape index (κ1) is 15.0. The lowest BCUT2D eigenvalue weighted by Crippen LogP contribution is -2.01. The van der Waals surface area contributed by atoms with Crippen LogP contribution in [0.4, 0.5) is 0 Å². The first-order valence-electron chi connectivity index (χ1n) is 6.14. The molecule has 2 aromatic heterocycles. The van der Waals surface area contributed by atoms with Crippen molar-refractivity contribution in [3.05, 3.63) is 60.2 Å². The number of carbonyl (C=O) groups is 1. The van der Waals surface area contributed by atoms with Crippen LogP contribution in [-0.2, 0) is 4.74 Å². The Morgan fingerprint density at radius 3 is 2.77 bits per heavy atom. The first-order chi connectivity index (χ1) is 10.8. The van der Waals surface area contributed by atoms with E-state index in [9.17, 15) is 4.79 Å². The van der Waals surface area contributed by atoms with Crippen molar-refractivity contribution in [1.29, 1.82) is 5.26 Å². The Labute approximate surface area is 125 Å². The van der Waals surface area contributed by atoms with E-state index in [1.807, 2.05) is 6.07 Å². The van der Waals surface area contributed by atoms with E-state index in [1.165, 1.54) is 19.6 Å². The number of nitrogens with zero attached hydrogens (tertiary/aromatic N) is 3. The van der Waals surface area contributed by atoms with E-state index in [1.54, 1.807) is 36.5 Å². The van der Waals surface area contributed by atoms with Crippen LogP contribution in [0.15, 0.2) is 58.1 Å². The second-order valence-electron chi connectivity index (χ2n) is 3.95. The van der Waals surface area contributed by atoms with Gasteiger partial charge in [0.05, 0.1) is 24.9 Å². The van der Waals surface area contributed by atoms with Crippen LogP contribution in [0.5, 0.6) is 0 Å². The highest BCUT2D eigenvalue weighted by Gasteiger charge is 2.17. The zero-order chi connectivity index (χ0) is 15.8. The zero-order valence-electron chi connectivity index (χ0n) is 11.6. The van der Waals surface area contributed by atoms with E-state index in [-0.39, 0.29) is 5.56 Å². The monoisotopic (exact) mass is 297 g/mol. The molecular formula is C15H11N3O4. The van der Waals surface area contributed by atoms with E-state index in [4.69, 9.17) is 9.78 Å². The summed E-state index contributed by atoms with van der Waals surface area (Å²) in [7, 11) is 1.28. The molecule has 1 aromatic carbocycles. The van der Waals surface area contributed by atoms with Gasteiger partial charge < -0.3 is 13.8 Å². The topological polar surface area (TPSA) is 102 Å². The van der Waals surface area contributed by atoms with Crippen LogP contribution in [0.3, 0.4) is 0 Å². The Bertz CT molecular complexity index is 755. The lowest BCUT2D eigenvalue weighted by atomic mass is 10.1. The first-order valence-corrected chi connectivity index (χ1v) is 6.14. The van der Waals surface area contributed by atoms with Crippen LogP contribution in [0.1, 0.15) is 15.9 Å². The van der Waals surface area contributed by atoms with Gasteiger partial charge in [0, 0.05) is 5.56 Å². The maximum atomic E-state index is 11.4. The fourth-order valence-electron chi connectivity index (χ4n) is 1.61. The molecule has 0 bridgehead atoms. The Balaban J connectivity index is 0.000000299. The molecule has 0 amide bonds. The van der Waals surface area contributed by atoms with Gasteiger partial charge in [0.25, 0.3) is 0 Å². The summed E-state index contributed by atoms with van der Waals surface area (Å²) in [5.41, 5.74) is 1.73. The summed E-state index contributed by atoms with van der Waals surface area (Å²) in [6.45, 7) is 0. The second kappa shape index (κ2) is 7.40. The molecule has 3 aromatic rings. The number of aromatic nitrogens is 2. The quantitative estimate of drug-likeness (QED) is 0.670. The van der Waals surface area contributed by atoms with E-state index < -0.39 is 5.97 Å². The lowest BCUT2D eigenvalue weighted by Gasteiger charge is -1.99. The Morgan fingerprint density at radius 2 is 2.18 bits per heavy atom. The van der Waals surface area contributed by atoms with Gasteiger partial charge in [-0.05, 0) is 18.2 Å². The standard InChI is InChI=1S/C12H8N2O3.C3H3NO/c1-16-12(15)10-7-17-14-11(10)9-4-2-3-8(5-9)6-13;1-2-4-5-3-1/h2-5,7H,1H3;1-3H. The number of hydrogen-bond acceptors (Lipinski definition) is 7. The predicted molar refractivity (Wildman–Crippen MR) is 74.5 cm³/mol. The van der Waals surface area contributed by atoms with Crippen LogP contribution in [0, 0.1) is 11.3 Å². The molecule has 0 fully saturated rings. The van der Waals surface area contributed by atoms with Gasteiger partial charge in [-0.15, -0.1) is 0 Å². The van der Waals surface area contributed by atoms with Gasteiger partial charge in [-0.1, -0.05) is 22.4 Å². The zero-order valence-corrected chi connectivity index (χ0v) is 11.6. The molecule has 0 aliphatic carbocycles. The number of benzene rings is 1. The average Bonchev–Trinajstić information content (AvgIpc) is 3.28. The number of methoxy groups -OCH3 is 1. The number of hydrogen-bond donors (Lipinski definition) is 0. The molecule has 0 unspecified atom stereocenters. The van der Waals surface area contributed by atoms with Crippen molar-refractivity contribution in [1.82, 2.24) is 10.3 Å². The van der Waals surface area contributed by atoms with Gasteiger partial charge in [0.2, 0.25) is 0 Å². The van der Waals surface area contributed by atoms with Gasteiger partial charge in [-0.2, -0.15) is 5.26 Å².